The Bertz CT molecular complexity index is 708. The Morgan fingerprint density at radius 1 is 1.08 bits per heavy atom. The van der Waals surface area contributed by atoms with Gasteiger partial charge in [-0.1, -0.05) is 30.3 Å². The molecule has 132 valence electrons. The maximum atomic E-state index is 12.4. The topological polar surface area (TPSA) is 29.5 Å². The van der Waals surface area contributed by atoms with Crippen molar-refractivity contribution in [2.45, 2.75) is 0 Å². The second-order valence-electron chi connectivity index (χ2n) is 5.39. The summed E-state index contributed by atoms with van der Waals surface area (Å²) >= 11 is 11.7. The number of benzene rings is 2. The van der Waals surface area contributed by atoms with Gasteiger partial charge in [0, 0.05) is 36.1 Å². The Morgan fingerprint density at radius 2 is 1.76 bits per heavy atom. The van der Waals surface area contributed by atoms with Crippen molar-refractivity contribution in [1.29, 1.82) is 0 Å². The van der Waals surface area contributed by atoms with E-state index in [1.807, 2.05) is 48.5 Å². The van der Waals surface area contributed by atoms with E-state index in [2.05, 4.69) is 4.90 Å². The van der Waals surface area contributed by atoms with Gasteiger partial charge in [0.25, 0.3) is 0 Å². The first-order valence-corrected chi connectivity index (χ1v) is 9.08. The van der Waals surface area contributed by atoms with Crippen molar-refractivity contribution in [2.75, 3.05) is 36.9 Å². The molecule has 0 fully saturated rings. The zero-order chi connectivity index (χ0) is 18.1. The summed E-state index contributed by atoms with van der Waals surface area (Å²) in [5, 5.41) is 0. The molecule has 0 radical (unpaired) electrons. The Morgan fingerprint density at radius 3 is 2.36 bits per heavy atom. The Balaban J connectivity index is 2.12. The normalized spacial score (nSPS) is 10.8. The van der Waals surface area contributed by atoms with Crippen molar-refractivity contribution >= 4 is 40.7 Å². The summed E-state index contributed by atoms with van der Waals surface area (Å²) in [6, 6.07) is 15.1. The highest BCUT2D eigenvalue weighted by molar-refractivity contribution is 6.18. The molecule has 2 rings (SSSR count). The van der Waals surface area contributed by atoms with Crippen LogP contribution in [0.3, 0.4) is 0 Å². The SMILES string of the molecule is COc1ccc(/C=C/C(=O)c2cccc(N(CCCl)CCCl)c2)cc1. The van der Waals surface area contributed by atoms with E-state index in [0.717, 1.165) is 17.0 Å². The molecule has 0 aliphatic rings. The van der Waals surface area contributed by atoms with Crippen LogP contribution in [0.1, 0.15) is 15.9 Å². The third-order valence-corrected chi connectivity index (χ3v) is 4.09. The molecule has 25 heavy (non-hydrogen) atoms. The summed E-state index contributed by atoms with van der Waals surface area (Å²) in [4.78, 5) is 14.5. The number of rotatable bonds is 9. The lowest BCUT2D eigenvalue weighted by Crippen LogP contribution is -2.27. The van der Waals surface area contributed by atoms with Gasteiger partial charge in [0.1, 0.15) is 5.75 Å². The molecule has 0 aromatic heterocycles. The first-order chi connectivity index (χ1) is 12.2. The molecule has 0 aliphatic heterocycles. The van der Waals surface area contributed by atoms with Crippen LogP contribution in [0.4, 0.5) is 5.69 Å². The van der Waals surface area contributed by atoms with Gasteiger partial charge in [0.2, 0.25) is 0 Å². The van der Waals surface area contributed by atoms with Gasteiger partial charge in [-0.15, -0.1) is 23.2 Å². The molecule has 0 atom stereocenters. The molecule has 0 unspecified atom stereocenters. The third kappa shape index (κ3) is 5.80. The fourth-order valence-electron chi connectivity index (χ4n) is 2.41. The number of carbonyl (C=O) groups is 1. The first kappa shape index (κ1) is 19.4. The lowest BCUT2D eigenvalue weighted by atomic mass is 10.1. The van der Waals surface area contributed by atoms with Crippen molar-refractivity contribution in [3.8, 4) is 5.75 Å². The molecule has 3 nitrogen and oxygen atoms in total. The largest absolute Gasteiger partial charge is 0.497 e. The van der Waals surface area contributed by atoms with Crippen LogP contribution in [-0.4, -0.2) is 37.7 Å². The van der Waals surface area contributed by atoms with Gasteiger partial charge in [-0.25, -0.2) is 0 Å². The molecule has 0 amide bonds. The van der Waals surface area contributed by atoms with E-state index in [-0.39, 0.29) is 5.78 Å². The number of hydrogen-bond donors (Lipinski definition) is 0. The number of allylic oxidation sites excluding steroid dienone is 1. The average molecular weight is 378 g/mol. The molecule has 0 spiro atoms. The smallest absolute Gasteiger partial charge is 0.185 e. The van der Waals surface area contributed by atoms with E-state index in [1.54, 1.807) is 19.3 Å². The monoisotopic (exact) mass is 377 g/mol. The minimum Gasteiger partial charge on any atom is -0.497 e. The third-order valence-electron chi connectivity index (χ3n) is 3.75. The number of anilines is 1. The van der Waals surface area contributed by atoms with Crippen LogP contribution in [0.25, 0.3) is 6.08 Å². The number of carbonyl (C=O) groups excluding carboxylic acids is 1. The maximum Gasteiger partial charge on any atom is 0.185 e. The van der Waals surface area contributed by atoms with E-state index < -0.39 is 0 Å². The quantitative estimate of drug-likeness (QED) is 0.354. The molecule has 2 aromatic rings. The highest BCUT2D eigenvalue weighted by Gasteiger charge is 2.08. The van der Waals surface area contributed by atoms with Crippen molar-refractivity contribution < 1.29 is 9.53 Å². The summed E-state index contributed by atoms with van der Waals surface area (Å²) in [5.74, 6) is 1.75. The highest BCUT2D eigenvalue weighted by Crippen LogP contribution is 2.18. The zero-order valence-electron chi connectivity index (χ0n) is 14.1. The van der Waals surface area contributed by atoms with Crippen LogP contribution in [0, 0.1) is 0 Å². The van der Waals surface area contributed by atoms with Crippen molar-refractivity contribution in [2.24, 2.45) is 0 Å². The first-order valence-electron chi connectivity index (χ1n) is 8.01. The van der Waals surface area contributed by atoms with Crippen molar-refractivity contribution in [3.63, 3.8) is 0 Å². The predicted molar refractivity (Wildman–Crippen MR) is 106 cm³/mol. The molecular formula is C20H21Cl2NO2. The van der Waals surface area contributed by atoms with Crippen LogP contribution in [0.5, 0.6) is 5.75 Å². The minimum absolute atomic E-state index is 0.0469. The summed E-state index contributed by atoms with van der Waals surface area (Å²) in [5.41, 5.74) is 2.53. The van der Waals surface area contributed by atoms with Crippen molar-refractivity contribution in [3.05, 3.63) is 65.7 Å². The van der Waals surface area contributed by atoms with Gasteiger partial charge in [0.05, 0.1) is 7.11 Å². The van der Waals surface area contributed by atoms with E-state index in [0.29, 0.717) is 30.4 Å². The number of methoxy groups -OCH3 is 1. The Hall–Kier alpha value is -1.97. The van der Waals surface area contributed by atoms with Crippen LogP contribution in [-0.2, 0) is 0 Å². The molecule has 0 aliphatic carbocycles. The lowest BCUT2D eigenvalue weighted by Gasteiger charge is -2.23. The van der Waals surface area contributed by atoms with E-state index >= 15 is 0 Å². The van der Waals surface area contributed by atoms with Crippen LogP contribution >= 0.6 is 23.2 Å². The van der Waals surface area contributed by atoms with Gasteiger partial charge in [0.15, 0.2) is 5.78 Å². The second kappa shape index (κ2) is 10.1. The molecule has 0 N–H and O–H groups in total. The van der Waals surface area contributed by atoms with E-state index in [9.17, 15) is 4.79 Å². The molecule has 0 bridgehead atoms. The Kier molecular flexibility index (Phi) is 7.83. The molecular weight excluding hydrogens is 357 g/mol. The van der Waals surface area contributed by atoms with Gasteiger partial charge >= 0.3 is 0 Å². The molecule has 0 saturated carbocycles. The zero-order valence-corrected chi connectivity index (χ0v) is 15.6. The summed E-state index contributed by atoms with van der Waals surface area (Å²) in [7, 11) is 1.62. The van der Waals surface area contributed by atoms with Crippen LogP contribution < -0.4 is 9.64 Å². The lowest BCUT2D eigenvalue weighted by molar-refractivity contribution is 0.104. The van der Waals surface area contributed by atoms with E-state index in [1.165, 1.54) is 0 Å². The van der Waals surface area contributed by atoms with Crippen molar-refractivity contribution in [1.82, 2.24) is 0 Å². The fraction of sp³-hybridized carbons (Fsp3) is 0.250. The number of nitrogens with zero attached hydrogens (tertiary/aromatic N) is 1. The second-order valence-corrected chi connectivity index (χ2v) is 6.14. The minimum atomic E-state index is -0.0469. The van der Waals surface area contributed by atoms with Gasteiger partial charge in [-0.05, 0) is 35.9 Å². The standard InChI is InChI=1S/C20H21Cl2NO2/c1-25-19-8-5-16(6-9-19)7-10-20(24)17-3-2-4-18(15-17)23(13-11-21)14-12-22/h2-10,15H,11-14H2,1H3/b10-7+. The number of ether oxygens (including phenoxy) is 1. The molecule has 0 heterocycles. The van der Waals surface area contributed by atoms with Gasteiger partial charge < -0.3 is 9.64 Å². The van der Waals surface area contributed by atoms with E-state index in [4.69, 9.17) is 27.9 Å². The van der Waals surface area contributed by atoms with Gasteiger partial charge in [-0.3, -0.25) is 4.79 Å². The van der Waals surface area contributed by atoms with Crippen LogP contribution in [0.15, 0.2) is 54.6 Å². The average Bonchev–Trinajstić information content (AvgIpc) is 2.66. The van der Waals surface area contributed by atoms with Gasteiger partial charge in [-0.2, -0.15) is 0 Å². The Labute approximate surface area is 158 Å². The molecule has 5 heteroatoms. The number of alkyl halides is 2. The predicted octanol–water partition coefficient (Wildman–Crippen LogP) is 4.88. The summed E-state index contributed by atoms with van der Waals surface area (Å²) in [6.45, 7) is 1.38. The number of ketones is 1. The maximum absolute atomic E-state index is 12.4. The summed E-state index contributed by atoms with van der Waals surface area (Å²) in [6.07, 6.45) is 3.37. The summed E-state index contributed by atoms with van der Waals surface area (Å²) < 4.78 is 5.12. The highest BCUT2D eigenvalue weighted by atomic mass is 35.5. The number of halogens is 2. The molecule has 2 aromatic carbocycles. The molecule has 0 saturated heterocycles. The van der Waals surface area contributed by atoms with Crippen LogP contribution in [0.2, 0.25) is 0 Å². The number of hydrogen-bond acceptors (Lipinski definition) is 3. The fourth-order valence-corrected chi connectivity index (χ4v) is 2.82.